The number of thiophene rings is 1. The molecular weight excluding hydrogens is 545 g/mol. The molecule has 1 aliphatic rings. The highest BCUT2D eigenvalue weighted by Crippen LogP contribution is 2.40. The van der Waals surface area contributed by atoms with E-state index < -0.39 is 0 Å². The second-order valence-electron chi connectivity index (χ2n) is 10.7. The van der Waals surface area contributed by atoms with E-state index in [1.54, 1.807) is 11.3 Å². The molecule has 7 aromatic rings. The van der Waals surface area contributed by atoms with Crippen molar-refractivity contribution in [2.24, 2.45) is 4.99 Å². The Kier molecular flexibility index (Phi) is 6.52. The number of benzene rings is 5. The van der Waals surface area contributed by atoms with E-state index in [1.165, 1.54) is 25.9 Å². The molecule has 8 rings (SSSR count). The van der Waals surface area contributed by atoms with Crippen molar-refractivity contribution in [2.45, 2.75) is 12.3 Å². The molecule has 0 saturated heterocycles. The van der Waals surface area contributed by atoms with E-state index in [2.05, 4.69) is 144 Å². The number of rotatable bonds is 5. The molecule has 0 saturated carbocycles. The van der Waals surface area contributed by atoms with Crippen LogP contribution in [-0.4, -0.2) is 10.8 Å². The zero-order valence-electron chi connectivity index (χ0n) is 23.3. The lowest BCUT2D eigenvalue weighted by molar-refractivity contribution is 0.409. The van der Waals surface area contributed by atoms with Gasteiger partial charge >= 0.3 is 0 Å². The molecule has 2 atom stereocenters. The van der Waals surface area contributed by atoms with Gasteiger partial charge in [-0.3, -0.25) is 10.3 Å². The van der Waals surface area contributed by atoms with Gasteiger partial charge in [0.1, 0.15) is 18.2 Å². The summed E-state index contributed by atoms with van der Waals surface area (Å²) in [5, 5.41) is 8.64. The molecule has 1 aliphatic heterocycles. The summed E-state index contributed by atoms with van der Waals surface area (Å²) in [4.78, 5) is 10.1. The maximum atomic E-state index is 5.25. The fourth-order valence-corrected chi connectivity index (χ4v) is 7.07. The van der Waals surface area contributed by atoms with E-state index in [4.69, 9.17) is 9.98 Å². The van der Waals surface area contributed by atoms with Crippen LogP contribution in [0.2, 0.25) is 0 Å². The molecule has 0 bridgehead atoms. The second-order valence-corrected chi connectivity index (χ2v) is 11.8. The van der Waals surface area contributed by atoms with E-state index in [1.807, 2.05) is 12.3 Å². The maximum Gasteiger partial charge on any atom is 0.131 e. The Morgan fingerprint density at radius 2 is 1.23 bits per heavy atom. The van der Waals surface area contributed by atoms with E-state index >= 15 is 0 Å². The van der Waals surface area contributed by atoms with Crippen LogP contribution in [0.25, 0.3) is 42.6 Å². The molecule has 0 aliphatic carbocycles. The molecule has 2 unspecified atom stereocenters. The number of nitrogens with one attached hydrogen (secondary N) is 2. The van der Waals surface area contributed by atoms with Gasteiger partial charge in [-0.2, -0.15) is 0 Å². The van der Waals surface area contributed by atoms with Crippen LogP contribution in [0.4, 0.5) is 0 Å². The van der Waals surface area contributed by atoms with Crippen molar-refractivity contribution in [3.05, 3.63) is 162 Å². The molecule has 0 spiro atoms. The number of pyridine rings is 1. The summed E-state index contributed by atoms with van der Waals surface area (Å²) in [6.45, 7) is 0. The molecule has 5 heteroatoms. The predicted octanol–water partition coefficient (Wildman–Crippen LogP) is 9.12. The number of amidine groups is 1. The minimum absolute atomic E-state index is 0.0991. The summed E-state index contributed by atoms with van der Waals surface area (Å²) in [6, 6.07) is 49.0. The van der Waals surface area contributed by atoms with Crippen LogP contribution in [0.3, 0.4) is 0 Å². The van der Waals surface area contributed by atoms with Gasteiger partial charge in [-0.1, -0.05) is 109 Å². The summed E-state index contributed by atoms with van der Waals surface area (Å²) in [5.41, 5.74) is 9.03. The highest BCUT2D eigenvalue weighted by Gasteiger charge is 2.26. The van der Waals surface area contributed by atoms with Crippen LogP contribution in [0.15, 0.2) is 151 Å². The summed E-state index contributed by atoms with van der Waals surface area (Å²) < 4.78 is 2.45. The third-order valence-electron chi connectivity index (χ3n) is 8.00. The van der Waals surface area contributed by atoms with Crippen LogP contribution in [0, 0.1) is 0 Å². The number of aromatic nitrogens is 1. The van der Waals surface area contributed by atoms with Gasteiger partial charge in [0, 0.05) is 27.4 Å². The normalized spacial score (nSPS) is 16.6. The van der Waals surface area contributed by atoms with Gasteiger partial charge in [-0.25, -0.2) is 4.99 Å². The first-order valence-electron chi connectivity index (χ1n) is 14.5. The Morgan fingerprint density at radius 3 is 2.02 bits per heavy atom. The summed E-state index contributed by atoms with van der Waals surface area (Å²) >= 11 is 1.80. The zero-order valence-corrected chi connectivity index (χ0v) is 24.1. The average Bonchev–Trinajstić information content (AvgIpc) is 3.48. The minimum atomic E-state index is -0.193. The van der Waals surface area contributed by atoms with E-state index in [9.17, 15) is 0 Å². The van der Waals surface area contributed by atoms with E-state index in [0.29, 0.717) is 0 Å². The van der Waals surface area contributed by atoms with Crippen LogP contribution in [0.5, 0.6) is 0 Å². The lowest BCUT2D eigenvalue weighted by atomic mass is 9.95. The quantitative estimate of drug-likeness (QED) is 0.216. The third kappa shape index (κ3) is 4.89. The highest BCUT2D eigenvalue weighted by atomic mass is 32.1. The fraction of sp³-hybridized carbons (Fsp3) is 0.0526. The number of hydrogen-bond donors (Lipinski definition) is 2. The minimum Gasteiger partial charge on any atom is -0.350 e. The van der Waals surface area contributed by atoms with Gasteiger partial charge in [0.15, 0.2) is 0 Å². The Labute approximate surface area is 254 Å². The molecule has 2 N–H and O–H groups in total. The van der Waals surface area contributed by atoms with Crippen molar-refractivity contribution < 1.29 is 0 Å². The molecule has 43 heavy (non-hydrogen) atoms. The number of nitrogens with zero attached hydrogens (tertiary/aromatic N) is 2. The van der Waals surface area contributed by atoms with Crippen LogP contribution in [-0.2, 0) is 0 Å². The molecule has 206 valence electrons. The number of aliphatic imine (C=N–C) groups is 1. The predicted molar refractivity (Wildman–Crippen MR) is 179 cm³/mol. The number of hydrogen-bond acceptors (Lipinski definition) is 5. The Balaban J connectivity index is 1.32. The molecule has 4 nitrogen and oxygen atoms in total. The first kappa shape index (κ1) is 25.6. The Hall–Kier alpha value is -5.10. The van der Waals surface area contributed by atoms with Crippen LogP contribution >= 0.6 is 11.3 Å². The molecule has 5 aromatic carbocycles. The fourth-order valence-electron chi connectivity index (χ4n) is 5.88. The van der Waals surface area contributed by atoms with Gasteiger partial charge in [-0.05, 0) is 58.1 Å². The van der Waals surface area contributed by atoms with Gasteiger partial charge in [0.2, 0.25) is 0 Å². The molecule has 0 radical (unpaired) electrons. The largest absolute Gasteiger partial charge is 0.350 e. The van der Waals surface area contributed by atoms with Gasteiger partial charge in [0.05, 0.1) is 10.2 Å². The molecule has 0 amide bonds. The highest BCUT2D eigenvalue weighted by molar-refractivity contribution is 7.26. The Bertz CT molecular complexity index is 2090. The van der Waals surface area contributed by atoms with Crippen molar-refractivity contribution >= 4 is 37.5 Å². The smallest absolute Gasteiger partial charge is 0.131 e. The molecule has 0 fully saturated rings. The SMILES string of the molecule is c1ccc(-c2cc(C3=NC(c4ccccc4)NC(c4ccccc4)N3)cc(-c3ccnc4c3sc3ccccc34)c2)cc1. The van der Waals surface area contributed by atoms with Gasteiger partial charge in [-0.15, -0.1) is 11.3 Å². The van der Waals surface area contributed by atoms with E-state index in [-0.39, 0.29) is 12.3 Å². The molecule has 3 heterocycles. The first-order valence-corrected chi connectivity index (χ1v) is 15.3. The van der Waals surface area contributed by atoms with Gasteiger partial charge < -0.3 is 5.32 Å². The summed E-state index contributed by atoms with van der Waals surface area (Å²) in [5.74, 6) is 0.863. The Morgan fingerprint density at radius 1 is 0.581 bits per heavy atom. The van der Waals surface area contributed by atoms with Crippen LogP contribution < -0.4 is 10.6 Å². The maximum absolute atomic E-state index is 5.25. The van der Waals surface area contributed by atoms with Crippen molar-refractivity contribution in [3.63, 3.8) is 0 Å². The molecular formula is C38H28N4S. The summed E-state index contributed by atoms with van der Waals surface area (Å²) in [6.07, 6.45) is 1.64. The summed E-state index contributed by atoms with van der Waals surface area (Å²) in [7, 11) is 0. The lowest BCUT2D eigenvalue weighted by Gasteiger charge is -2.32. The average molecular weight is 573 g/mol. The first-order chi connectivity index (χ1) is 21.3. The van der Waals surface area contributed by atoms with Crippen molar-refractivity contribution in [2.75, 3.05) is 0 Å². The lowest BCUT2D eigenvalue weighted by Crippen LogP contribution is -2.44. The third-order valence-corrected chi connectivity index (χ3v) is 9.19. The topological polar surface area (TPSA) is 49.3 Å². The zero-order chi connectivity index (χ0) is 28.6. The second kappa shape index (κ2) is 11.0. The standard InChI is InChI=1S/C38H28N4S/c1-4-12-25(13-5-1)28-22-29(31-20-21-39-34-32-18-10-11-19-33(32)43-35(31)34)24-30(23-28)38-41-36(26-14-6-2-7-15-26)40-37(42-38)27-16-8-3-9-17-27/h1-24,36-37,40H,(H,41,42). The van der Waals surface area contributed by atoms with Crippen molar-refractivity contribution in [3.8, 4) is 22.3 Å². The van der Waals surface area contributed by atoms with E-state index in [0.717, 1.165) is 39.2 Å². The van der Waals surface area contributed by atoms with Crippen molar-refractivity contribution in [1.82, 2.24) is 15.6 Å². The molecule has 2 aromatic heterocycles. The number of fused-ring (bicyclic) bond motifs is 3. The monoisotopic (exact) mass is 572 g/mol. The van der Waals surface area contributed by atoms with Crippen molar-refractivity contribution in [1.29, 1.82) is 0 Å². The van der Waals surface area contributed by atoms with Gasteiger partial charge in [0.25, 0.3) is 0 Å². The van der Waals surface area contributed by atoms with Crippen LogP contribution in [0.1, 0.15) is 29.0 Å².